The average molecular weight is 1730 g/mol. The van der Waals surface area contributed by atoms with Crippen molar-refractivity contribution in [1.29, 1.82) is 0 Å². The zero-order valence-electron chi connectivity index (χ0n) is 76.6. The number of hydrogen-bond acceptors (Lipinski definition) is 14. The first-order valence-electron chi connectivity index (χ1n) is 48.4. The third kappa shape index (κ3) is 95.4. The number of phosphoric ester groups is 2. The number of ether oxygens (including phenoxy) is 3. The first-order valence-corrected chi connectivity index (χ1v) is 51.4. The number of phosphoric acid groups is 2. The zero-order chi connectivity index (χ0) is 87.9. The summed E-state index contributed by atoms with van der Waals surface area (Å²) < 4.78 is 61.6. The van der Waals surface area contributed by atoms with Gasteiger partial charge >= 0.3 is 33.6 Å². The number of carbonyl (C=O) groups excluding carboxylic acids is 3. The van der Waals surface area contributed by atoms with Crippen LogP contribution < -0.4 is 0 Å². The van der Waals surface area contributed by atoms with E-state index in [1.54, 1.807) is 0 Å². The van der Waals surface area contributed by atoms with Crippen LogP contribution in [-0.4, -0.2) is 95.9 Å². The summed E-state index contributed by atoms with van der Waals surface area (Å²) in [4.78, 5) is 59.1. The monoisotopic (exact) mass is 1730 g/mol. The van der Waals surface area contributed by atoms with Crippen molar-refractivity contribution < 1.29 is 75.8 Å². The predicted octanol–water partition coefficient (Wildman–Crippen LogP) is 30.2. The number of aliphatic hydroxyl groups excluding tert-OH is 2. The van der Waals surface area contributed by atoms with Crippen molar-refractivity contribution in [2.45, 2.75) is 424 Å². The van der Waals surface area contributed by atoms with E-state index in [1.165, 1.54) is 167 Å². The molecule has 0 saturated carbocycles. The Kier molecular flexibility index (Phi) is 90.1. The molecule has 0 aromatic rings. The quantitative estimate of drug-likeness (QED) is 0.0146. The summed E-state index contributed by atoms with van der Waals surface area (Å²) in [5, 5.41) is 20.8. The van der Waals surface area contributed by atoms with Crippen LogP contribution in [-0.2, 0) is 55.8 Å². The summed E-state index contributed by atoms with van der Waals surface area (Å²) in [5.74, 6) is -1.58. The summed E-state index contributed by atoms with van der Waals surface area (Å²) in [6.45, 7) is 2.47. The second-order valence-corrected chi connectivity index (χ2v) is 35.0. The number of aliphatic hydroxyl groups is 2. The molecule has 16 nitrogen and oxygen atoms in total. The van der Waals surface area contributed by atoms with Gasteiger partial charge in [0, 0.05) is 19.3 Å². The number of allylic oxidation sites excluding steroid dienone is 28. The minimum absolute atomic E-state index is 0.0877. The minimum Gasteiger partial charge on any atom is -0.463 e. The van der Waals surface area contributed by atoms with Gasteiger partial charge in [0.1, 0.15) is 25.4 Å². The van der Waals surface area contributed by atoms with Gasteiger partial charge in [-0.15, -0.1) is 0 Å². The number of esters is 3. The molecule has 0 aromatic carbocycles. The molecule has 5 unspecified atom stereocenters. The molecule has 0 aliphatic rings. The van der Waals surface area contributed by atoms with E-state index in [0.29, 0.717) is 19.3 Å². The largest absolute Gasteiger partial charge is 0.472 e. The smallest absolute Gasteiger partial charge is 0.463 e. The van der Waals surface area contributed by atoms with E-state index in [4.69, 9.17) is 32.3 Å². The first-order chi connectivity index (χ1) is 59.2. The van der Waals surface area contributed by atoms with E-state index < -0.39 is 91.5 Å². The molecule has 4 N–H and O–H groups in total. The predicted molar refractivity (Wildman–Crippen MR) is 509 cm³/mol. The van der Waals surface area contributed by atoms with E-state index in [-0.39, 0.29) is 19.3 Å². The van der Waals surface area contributed by atoms with Crippen LogP contribution in [0, 0.1) is 0 Å². The molecule has 0 bridgehead atoms. The van der Waals surface area contributed by atoms with Crippen LogP contribution in [0.2, 0.25) is 0 Å². The van der Waals surface area contributed by atoms with Gasteiger partial charge in [0.2, 0.25) is 0 Å². The summed E-state index contributed by atoms with van der Waals surface area (Å²) in [6, 6.07) is 0. The third-order valence-corrected chi connectivity index (χ3v) is 22.3. The van der Waals surface area contributed by atoms with Crippen LogP contribution in [0.4, 0.5) is 0 Å². The van der Waals surface area contributed by atoms with Gasteiger partial charge < -0.3 is 34.2 Å². The third-order valence-electron chi connectivity index (χ3n) is 20.4. The molecular formula is C103H176O16P2. The lowest BCUT2D eigenvalue weighted by Crippen LogP contribution is -2.30. The second-order valence-electron chi connectivity index (χ2n) is 32.1. The molecule has 0 amide bonds. The fourth-order valence-electron chi connectivity index (χ4n) is 13.1. The van der Waals surface area contributed by atoms with Gasteiger partial charge in [-0.1, -0.05) is 403 Å². The molecule has 0 aliphatic heterocycles. The molecule has 121 heavy (non-hydrogen) atoms. The molecule has 5 atom stereocenters. The number of unbranched alkanes of at least 4 members (excludes halogenated alkanes) is 40. The molecule has 0 rings (SSSR count). The fourth-order valence-corrected chi connectivity index (χ4v) is 14.7. The second kappa shape index (κ2) is 94.1. The lowest BCUT2D eigenvalue weighted by molar-refractivity contribution is -0.161. The Morgan fingerprint density at radius 2 is 0.438 bits per heavy atom. The molecule has 0 spiro atoms. The van der Waals surface area contributed by atoms with Gasteiger partial charge in [0.05, 0.1) is 26.4 Å². The lowest BCUT2D eigenvalue weighted by Gasteiger charge is -2.21. The van der Waals surface area contributed by atoms with Crippen LogP contribution in [0.1, 0.15) is 406 Å². The van der Waals surface area contributed by atoms with Gasteiger partial charge in [-0.2, -0.15) is 0 Å². The highest BCUT2D eigenvalue weighted by Gasteiger charge is 2.30. The highest BCUT2D eigenvalue weighted by Crippen LogP contribution is 2.45. The summed E-state index contributed by atoms with van der Waals surface area (Å²) >= 11 is 0. The van der Waals surface area contributed by atoms with Crippen molar-refractivity contribution in [2.24, 2.45) is 0 Å². The van der Waals surface area contributed by atoms with E-state index in [9.17, 15) is 43.5 Å². The SMILES string of the molecule is CC/C=C\C/C=C\C/C=C\C/C=C\C/C=C\CCCCCCCCCCCCCCCCCCCC(=O)OCC(O)COP(=O)(O)OCC(O)COP(=O)(O)OCC(COC(=O)CCCCCCCCCCCCCCC/C=C\C/C=C\C/C=C\C/C=C\CCCCC)OC(=O)CCCCCCCCC/C=C\C/C=C\C/C=C\C/C=C\C/C=C\CC. The van der Waals surface area contributed by atoms with E-state index in [2.05, 4.69) is 191 Å². The Labute approximate surface area is 739 Å². The maximum atomic E-state index is 13.1. The van der Waals surface area contributed by atoms with E-state index in [0.717, 1.165) is 180 Å². The zero-order valence-corrected chi connectivity index (χ0v) is 78.4. The topological polar surface area (TPSA) is 231 Å². The Balaban J connectivity index is 4.58. The number of rotatable bonds is 91. The van der Waals surface area contributed by atoms with Crippen molar-refractivity contribution in [2.75, 3.05) is 39.6 Å². The molecule has 694 valence electrons. The van der Waals surface area contributed by atoms with Gasteiger partial charge in [-0.05, 0) is 154 Å². The Hall–Kier alpha value is -5.09. The van der Waals surface area contributed by atoms with E-state index in [1.807, 2.05) is 0 Å². The number of carbonyl (C=O) groups is 3. The minimum atomic E-state index is -4.95. The van der Waals surface area contributed by atoms with Crippen molar-refractivity contribution >= 4 is 33.6 Å². The lowest BCUT2D eigenvalue weighted by atomic mass is 10.0. The van der Waals surface area contributed by atoms with Gasteiger partial charge in [-0.3, -0.25) is 32.5 Å². The molecule has 0 saturated heterocycles. The average Bonchev–Trinajstić information content (AvgIpc) is 0.887. The van der Waals surface area contributed by atoms with Crippen LogP contribution >= 0.6 is 15.6 Å². The molecule has 0 heterocycles. The molecular weight excluding hydrogens is 1560 g/mol. The maximum absolute atomic E-state index is 13.1. The summed E-state index contributed by atoms with van der Waals surface area (Å²) in [5.41, 5.74) is 0. The van der Waals surface area contributed by atoms with Gasteiger partial charge in [-0.25, -0.2) is 9.13 Å². The van der Waals surface area contributed by atoms with Crippen molar-refractivity contribution in [3.63, 3.8) is 0 Å². The highest BCUT2D eigenvalue weighted by molar-refractivity contribution is 7.47. The molecule has 18 heteroatoms. The standard InChI is InChI=1S/C103H176O16P2/c1-4-7-10-13-16-19-22-25-28-31-34-37-40-42-44-46-47-48-49-51-53-54-57-59-62-65-68-71-74-77-80-83-86-89-101(106)113-92-98(104)93-115-120(109,110)116-94-99(105)95-117-121(111,112)118-97-100(119-103(108)91-88-85-82-79-76-73-70-67-64-61-56-39-36-33-30-27-24-21-18-15-12-9-6-3)96-114-102(107)90-87-84-81-78-75-72-69-66-63-60-58-55-52-50-45-43-41-38-35-32-29-26-23-20-17-14-11-8-5-2/h7,9-10,12,16-21,25-30,34-39,42-45,61,64,98-100,104-105H,4-6,8,11,13-15,22-24,31-33,40-41,46-60,62-63,65-97H2,1-3H3,(H,109,110)(H,111,112)/b10-7-,12-9-,19-16-,20-17-,21-18-,28-25-,29-26-,30-27-,37-34-,38-35-,39-36-,44-42-,45-43-,64-61-. The fraction of sp³-hybridized carbons (Fsp3) is 0.699. The normalized spacial score (nSPS) is 14.5. The summed E-state index contributed by atoms with van der Waals surface area (Å²) in [7, 11) is -9.82. The van der Waals surface area contributed by atoms with Crippen molar-refractivity contribution in [3.05, 3.63) is 170 Å². The highest BCUT2D eigenvalue weighted by atomic mass is 31.2. The Morgan fingerprint density at radius 3 is 0.694 bits per heavy atom. The van der Waals surface area contributed by atoms with Gasteiger partial charge in [0.25, 0.3) is 0 Å². The Bertz CT molecular complexity index is 2880. The van der Waals surface area contributed by atoms with E-state index >= 15 is 0 Å². The maximum Gasteiger partial charge on any atom is 0.472 e. The Morgan fingerprint density at radius 1 is 0.240 bits per heavy atom. The van der Waals surface area contributed by atoms with Crippen molar-refractivity contribution in [3.8, 4) is 0 Å². The molecule has 0 aromatic heterocycles. The first kappa shape index (κ1) is 116. The van der Waals surface area contributed by atoms with Crippen molar-refractivity contribution in [1.82, 2.24) is 0 Å². The summed E-state index contributed by atoms with van der Waals surface area (Å²) in [6.07, 6.45) is 123. The molecule has 0 radical (unpaired) electrons. The number of hydrogen-bond donors (Lipinski definition) is 4. The van der Waals surface area contributed by atoms with Gasteiger partial charge in [0.15, 0.2) is 6.10 Å². The molecule has 0 aliphatic carbocycles. The van der Waals surface area contributed by atoms with Crippen LogP contribution in [0.25, 0.3) is 0 Å². The van der Waals surface area contributed by atoms with Crippen LogP contribution in [0.15, 0.2) is 170 Å². The van der Waals surface area contributed by atoms with Crippen LogP contribution in [0.5, 0.6) is 0 Å². The molecule has 0 fully saturated rings. The van der Waals surface area contributed by atoms with Crippen LogP contribution in [0.3, 0.4) is 0 Å².